The van der Waals surface area contributed by atoms with Gasteiger partial charge in [0.2, 0.25) is 0 Å². The fraction of sp³-hybridized carbons (Fsp3) is 0.643. The SMILES string of the molecule is O=C1CCC(c2nc(C(=O)O)c3n2CCCC3)CC1. The first-order valence-electron chi connectivity index (χ1n) is 7.01. The fourth-order valence-electron chi connectivity index (χ4n) is 3.25. The van der Waals surface area contributed by atoms with Crippen LogP contribution in [0.4, 0.5) is 0 Å². The van der Waals surface area contributed by atoms with E-state index in [1.165, 1.54) is 0 Å². The summed E-state index contributed by atoms with van der Waals surface area (Å²) in [6, 6.07) is 0. The molecule has 3 rings (SSSR count). The molecule has 0 spiro atoms. The lowest BCUT2D eigenvalue weighted by molar-refractivity contribution is -0.120. The van der Waals surface area contributed by atoms with Crippen molar-refractivity contribution in [2.75, 3.05) is 0 Å². The zero-order chi connectivity index (χ0) is 13.4. The van der Waals surface area contributed by atoms with Crippen LogP contribution >= 0.6 is 0 Å². The maximum atomic E-state index is 11.3. The highest BCUT2D eigenvalue weighted by molar-refractivity contribution is 5.87. The highest BCUT2D eigenvalue weighted by atomic mass is 16.4. The Morgan fingerprint density at radius 2 is 1.95 bits per heavy atom. The minimum atomic E-state index is -0.927. The molecule has 19 heavy (non-hydrogen) atoms. The van der Waals surface area contributed by atoms with Gasteiger partial charge in [-0.3, -0.25) is 4.79 Å². The lowest BCUT2D eigenvalue weighted by Crippen LogP contribution is -2.19. The first-order chi connectivity index (χ1) is 9.16. The van der Waals surface area contributed by atoms with Gasteiger partial charge in [-0.1, -0.05) is 0 Å². The molecule has 2 aliphatic rings. The summed E-state index contributed by atoms with van der Waals surface area (Å²) in [4.78, 5) is 27.0. The molecule has 2 heterocycles. The van der Waals surface area contributed by atoms with Crippen molar-refractivity contribution in [2.45, 2.75) is 57.4 Å². The standard InChI is InChI=1S/C14H18N2O3/c17-10-6-4-9(5-7-10)13-15-12(14(18)19)11-3-1-2-8-16(11)13/h9H,1-8H2,(H,18,19). The van der Waals surface area contributed by atoms with Crippen molar-refractivity contribution in [3.8, 4) is 0 Å². The molecule has 0 aromatic carbocycles. The molecule has 102 valence electrons. The van der Waals surface area contributed by atoms with E-state index in [9.17, 15) is 14.7 Å². The second-order valence-corrected chi connectivity index (χ2v) is 5.49. The van der Waals surface area contributed by atoms with Gasteiger partial charge in [0, 0.05) is 25.3 Å². The quantitative estimate of drug-likeness (QED) is 0.886. The van der Waals surface area contributed by atoms with Gasteiger partial charge in [0.25, 0.3) is 0 Å². The maximum absolute atomic E-state index is 11.3. The minimum absolute atomic E-state index is 0.228. The molecule has 1 N–H and O–H groups in total. The Hall–Kier alpha value is -1.65. The summed E-state index contributed by atoms with van der Waals surface area (Å²) in [7, 11) is 0. The van der Waals surface area contributed by atoms with Crippen LogP contribution in [0.15, 0.2) is 0 Å². The number of aromatic nitrogens is 2. The number of Topliss-reactive ketones (excluding diaryl/α,β-unsaturated/α-hetero) is 1. The number of fused-ring (bicyclic) bond motifs is 1. The molecule has 0 amide bonds. The number of hydrogen-bond acceptors (Lipinski definition) is 3. The van der Waals surface area contributed by atoms with Gasteiger partial charge in [-0.2, -0.15) is 0 Å². The Morgan fingerprint density at radius 3 is 2.63 bits per heavy atom. The summed E-state index contributed by atoms with van der Waals surface area (Å²) >= 11 is 0. The van der Waals surface area contributed by atoms with E-state index in [-0.39, 0.29) is 11.6 Å². The lowest BCUT2D eigenvalue weighted by Gasteiger charge is -2.24. The third-order valence-corrected chi connectivity index (χ3v) is 4.26. The first kappa shape index (κ1) is 12.4. The summed E-state index contributed by atoms with van der Waals surface area (Å²) in [6.45, 7) is 0.870. The zero-order valence-electron chi connectivity index (χ0n) is 10.9. The van der Waals surface area contributed by atoms with Crippen molar-refractivity contribution in [3.63, 3.8) is 0 Å². The number of aromatic carboxylic acids is 1. The molecule has 5 heteroatoms. The van der Waals surface area contributed by atoms with E-state index in [1.807, 2.05) is 0 Å². The Morgan fingerprint density at radius 1 is 1.21 bits per heavy atom. The highest BCUT2D eigenvalue weighted by Gasteiger charge is 2.30. The Bertz CT molecular complexity index is 523. The molecule has 1 fully saturated rings. The Balaban J connectivity index is 1.97. The molecule has 1 aliphatic carbocycles. The molecule has 0 unspecified atom stereocenters. The van der Waals surface area contributed by atoms with Gasteiger partial charge in [0.05, 0.1) is 5.69 Å². The molecular weight excluding hydrogens is 244 g/mol. The molecule has 1 saturated carbocycles. The smallest absolute Gasteiger partial charge is 0.356 e. The van der Waals surface area contributed by atoms with Crippen molar-refractivity contribution in [3.05, 3.63) is 17.2 Å². The average molecular weight is 262 g/mol. The molecule has 5 nitrogen and oxygen atoms in total. The van der Waals surface area contributed by atoms with Crippen LogP contribution in [-0.2, 0) is 17.8 Å². The largest absolute Gasteiger partial charge is 0.476 e. The van der Waals surface area contributed by atoms with Crippen LogP contribution in [0.1, 0.15) is 66.4 Å². The predicted octanol–water partition coefficient (Wildman–Crippen LogP) is 2.14. The molecule has 0 radical (unpaired) electrons. The van der Waals surface area contributed by atoms with Gasteiger partial charge in [-0.25, -0.2) is 9.78 Å². The summed E-state index contributed by atoms with van der Waals surface area (Å²) in [5.41, 5.74) is 1.11. The van der Waals surface area contributed by atoms with Gasteiger partial charge < -0.3 is 9.67 Å². The number of nitrogens with zero attached hydrogens (tertiary/aromatic N) is 2. The Kier molecular flexibility index (Phi) is 3.12. The molecular formula is C14H18N2O3. The van der Waals surface area contributed by atoms with Crippen LogP contribution in [0.5, 0.6) is 0 Å². The second kappa shape index (κ2) is 4.79. The minimum Gasteiger partial charge on any atom is -0.476 e. The molecule has 1 aromatic rings. The number of carboxylic acid groups (broad SMARTS) is 1. The lowest BCUT2D eigenvalue weighted by atomic mass is 9.87. The van der Waals surface area contributed by atoms with Gasteiger partial charge in [-0.15, -0.1) is 0 Å². The summed E-state index contributed by atoms with van der Waals surface area (Å²) in [5.74, 6) is 0.547. The third kappa shape index (κ3) is 2.17. The van der Waals surface area contributed by atoms with E-state index in [1.54, 1.807) is 0 Å². The molecule has 1 aliphatic heterocycles. The first-order valence-corrected chi connectivity index (χ1v) is 7.01. The number of carbonyl (C=O) groups excluding carboxylic acids is 1. The van der Waals surface area contributed by atoms with Crippen molar-refractivity contribution < 1.29 is 14.7 Å². The van der Waals surface area contributed by atoms with E-state index in [2.05, 4.69) is 9.55 Å². The molecule has 0 saturated heterocycles. The van der Waals surface area contributed by atoms with Gasteiger partial charge in [0.15, 0.2) is 5.69 Å². The van der Waals surface area contributed by atoms with Gasteiger partial charge in [0.1, 0.15) is 11.6 Å². The van der Waals surface area contributed by atoms with E-state index in [0.29, 0.717) is 18.6 Å². The highest BCUT2D eigenvalue weighted by Crippen LogP contribution is 2.33. The predicted molar refractivity (Wildman–Crippen MR) is 68.3 cm³/mol. The number of ketones is 1. The monoisotopic (exact) mass is 262 g/mol. The summed E-state index contributed by atoms with van der Waals surface area (Å²) in [5, 5.41) is 9.26. The summed E-state index contributed by atoms with van der Waals surface area (Å²) < 4.78 is 2.10. The van der Waals surface area contributed by atoms with E-state index >= 15 is 0 Å². The average Bonchev–Trinajstić information content (AvgIpc) is 2.79. The van der Waals surface area contributed by atoms with Crippen molar-refractivity contribution in [2.24, 2.45) is 0 Å². The van der Waals surface area contributed by atoms with Crippen molar-refractivity contribution in [1.29, 1.82) is 0 Å². The normalized spacial score (nSPS) is 20.3. The van der Waals surface area contributed by atoms with Crippen LogP contribution < -0.4 is 0 Å². The zero-order valence-corrected chi connectivity index (χ0v) is 10.9. The number of carboxylic acids is 1. The number of imidazole rings is 1. The van der Waals surface area contributed by atoms with Crippen LogP contribution in [0, 0.1) is 0 Å². The molecule has 1 aromatic heterocycles. The fourth-order valence-corrected chi connectivity index (χ4v) is 3.25. The van der Waals surface area contributed by atoms with Crippen LogP contribution in [0.3, 0.4) is 0 Å². The van der Waals surface area contributed by atoms with Crippen molar-refractivity contribution >= 4 is 11.8 Å². The molecule has 0 bridgehead atoms. The van der Waals surface area contributed by atoms with Crippen LogP contribution in [0.25, 0.3) is 0 Å². The third-order valence-electron chi connectivity index (χ3n) is 4.26. The van der Waals surface area contributed by atoms with E-state index in [4.69, 9.17) is 0 Å². The van der Waals surface area contributed by atoms with Gasteiger partial charge in [-0.05, 0) is 32.1 Å². The van der Waals surface area contributed by atoms with Gasteiger partial charge >= 0.3 is 5.97 Å². The van der Waals surface area contributed by atoms with E-state index in [0.717, 1.165) is 50.2 Å². The second-order valence-electron chi connectivity index (χ2n) is 5.49. The number of carbonyl (C=O) groups is 2. The van der Waals surface area contributed by atoms with Crippen LogP contribution in [0.2, 0.25) is 0 Å². The maximum Gasteiger partial charge on any atom is 0.356 e. The van der Waals surface area contributed by atoms with E-state index < -0.39 is 5.97 Å². The number of rotatable bonds is 2. The summed E-state index contributed by atoms with van der Waals surface area (Å²) in [6.07, 6.45) is 5.77. The number of hydrogen-bond donors (Lipinski definition) is 1. The topological polar surface area (TPSA) is 72.2 Å². The van der Waals surface area contributed by atoms with Crippen LogP contribution in [-0.4, -0.2) is 26.4 Å². The molecule has 0 atom stereocenters. The Labute approximate surface area is 111 Å². The van der Waals surface area contributed by atoms with Crippen molar-refractivity contribution in [1.82, 2.24) is 9.55 Å².